The number of hydrogen-bond acceptors (Lipinski definition) is 1. The number of amides is 1. The van der Waals surface area contributed by atoms with Gasteiger partial charge >= 0.3 is 0 Å². The first-order valence-corrected chi connectivity index (χ1v) is 5.50. The maximum absolute atomic E-state index is 11.8. The van der Waals surface area contributed by atoms with E-state index in [0.717, 1.165) is 19.4 Å². The molecule has 2 unspecified atom stereocenters. The maximum atomic E-state index is 11.8. The molecule has 0 spiro atoms. The van der Waals surface area contributed by atoms with Gasteiger partial charge in [0.15, 0.2) is 0 Å². The summed E-state index contributed by atoms with van der Waals surface area (Å²) in [5.41, 5.74) is 0. The van der Waals surface area contributed by atoms with Gasteiger partial charge in [-0.2, -0.15) is 0 Å². The van der Waals surface area contributed by atoms with E-state index in [1.807, 2.05) is 0 Å². The van der Waals surface area contributed by atoms with Crippen molar-refractivity contribution in [2.75, 3.05) is 6.54 Å². The topological polar surface area (TPSA) is 20.3 Å². The first kappa shape index (κ1) is 9.04. The predicted octanol–water partition coefficient (Wildman–Crippen LogP) is 2.04. The van der Waals surface area contributed by atoms with Crippen molar-refractivity contribution in [2.24, 2.45) is 11.8 Å². The minimum absolute atomic E-state index is 0.396. The Morgan fingerprint density at radius 3 is 2.54 bits per heavy atom. The summed E-state index contributed by atoms with van der Waals surface area (Å²) < 4.78 is 0. The normalized spacial score (nSPS) is 34.8. The Kier molecular flexibility index (Phi) is 2.31. The van der Waals surface area contributed by atoms with Crippen LogP contribution in [0.15, 0.2) is 0 Å². The third-order valence-corrected chi connectivity index (χ3v) is 3.58. The third kappa shape index (κ3) is 1.72. The van der Waals surface area contributed by atoms with E-state index < -0.39 is 0 Å². The number of likely N-dealkylation sites (tertiary alicyclic amines) is 1. The van der Waals surface area contributed by atoms with E-state index in [0.29, 0.717) is 23.8 Å². The molecule has 74 valence electrons. The molecule has 2 heteroatoms. The molecule has 0 aromatic rings. The minimum Gasteiger partial charge on any atom is -0.339 e. The highest BCUT2D eigenvalue weighted by Crippen LogP contribution is 2.34. The SMILES string of the molecule is CC1CCCN(C(=O)C2CC2)C1C. The summed E-state index contributed by atoms with van der Waals surface area (Å²) in [6.45, 7) is 5.46. The maximum Gasteiger partial charge on any atom is 0.225 e. The van der Waals surface area contributed by atoms with Crippen LogP contribution in [0.25, 0.3) is 0 Å². The summed E-state index contributed by atoms with van der Waals surface area (Å²) >= 11 is 0. The molecule has 1 aliphatic carbocycles. The Bertz CT molecular complexity index is 210. The molecule has 1 saturated carbocycles. The van der Waals surface area contributed by atoms with Crippen molar-refractivity contribution in [1.29, 1.82) is 0 Å². The highest BCUT2D eigenvalue weighted by atomic mass is 16.2. The number of carbonyl (C=O) groups is 1. The zero-order valence-corrected chi connectivity index (χ0v) is 8.62. The Morgan fingerprint density at radius 2 is 1.92 bits per heavy atom. The number of nitrogens with zero attached hydrogens (tertiary/aromatic N) is 1. The standard InChI is InChI=1S/C11H19NO/c1-8-4-3-7-12(9(8)2)11(13)10-5-6-10/h8-10H,3-7H2,1-2H3. The summed E-state index contributed by atoms with van der Waals surface area (Å²) in [5.74, 6) is 1.52. The lowest BCUT2D eigenvalue weighted by Gasteiger charge is -2.38. The molecule has 2 nitrogen and oxygen atoms in total. The quantitative estimate of drug-likeness (QED) is 0.606. The van der Waals surface area contributed by atoms with Gasteiger partial charge in [0.25, 0.3) is 0 Å². The molecule has 0 aromatic heterocycles. The zero-order valence-electron chi connectivity index (χ0n) is 8.62. The highest BCUT2D eigenvalue weighted by Gasteiger charge is 2.37. The average molecular weight is 181 g/mol. The van der Waals surface area contributed by atoms with Crippen molar-refractivity contribution < 1.29 is 4.79 Å². The summed E-state index contributed by atoms with van der Waals surface area (Å²) in [4.78, 5) is 14.0. The average Bonchev–Trinajstić information content (AvgIpc) is 2.91. The Balaban J connectivity index is 1.99. The molecule has 1 saturated heterocycles. The second-order valence-corrected chi connectivity index (χ2v) is 4.67. The summed E-state index contributed by atoms with van der Waals surface area (Å²) in [7, 11) is 0. The second kappa shape index (κ2) is 3.32. The van der Waals surface area contributed by atoms with E-state index in [-0.39, 0.29) is 0 Å². The van der Waals surface area contributed by atoms with E-state index >= 15 is 0 Å². The van der Waals surface area contributed by atoms with Crippen LogP contribution < -0.4 is 0 Å². The lowest BCUT2D eigenvalue weighted by Crippen LogP contribution is -2.46. The van der Waals surface area contributed by atoms with Crippen LogP contribution in [-0.4, -0.2) is 23.4 Å². The molecule has 2 fully saturated rings. The first-order valence-electron chi connectivity index (χ1n) is 5.50. The van der Waals surface area contributed by atoms with Gasteiger partial charge < -0.3 is 4.90 Å². The molecule has 0 aromatic carbocycles. The Labute approximate surface area is 80.3 Å². The lowest BCUT2D eigenvalue weighted by molar-refractivity contribution is -0.137. The smallest absolute Gasteiger partial charge is 0.225 e. The molecule has 1 amide bonds. The minimum atomic E-state index is 0.396. The number of hydrogen-bond donors (Lipinski definition) is 0. The molecule has 0 bridgehead atoms. The van der Waals surface area contributed by atoms with Crippen molar-refractivity contribution in [3.63, 3.8) is 0 Å². The Morgan fingerprint density at radius 1 is 1.23 bits per heavy atom. The zero-order chi connectivity index (χ0) is 9.42. The third-order valence-electron chi connectivity index (χ3n) is 3.58. The molecular weight excluding hydrogens is 162 g/mol. The first-order chi connectivity index (χ1) is 6.20. The molecular formula is C11H19NO. The highest BCUT2D eigenvalue weighted by molar-refractivity contribution is 5.81. The molecule has 0 N–H and O–H groups in total. The van der Waals surface area contributed by atoms with Crippen LogP contribution in [0.1, 0.15) is 39.5 Å². The van der Waals surface area contributed by atoms with Crippen LogP contribution in [0.2, 0.25) is 0 Å². The summed E-state index contributed by atoms with van der Waals surface area (Å²) in [5, 5.41) is 0. The van der Waals surface area contributed by atoms with Crippen LogP contribution in [0.5, 0.6) is 0 Å². The Hall–Kier alpha value is -0.530. The fraction of sp³-hybridized carbons (Fsp3) is 0.909. The van der Waals surface area contributed by atoms with Gasteiger partial charge in [0.05, 0.1) is 0 Å². The van der Waals surface area contributed by atoms with Gasteiger partial charge in [-0.25, -0.2) is 0 Å². The molecule has 0 radical (unpaired) electrons. The van der Waals surface area contributed by atoms with Gasteiger partial charge in [0.2, 0.25) is 5.91 Å². The number of piperidine rings is 1. The van der Waals surface area contributed by atoms with Crippen molar-refractivity contribution >= 4 is 5.91 Å². The largest absolute Gasteiger partial charge is 0.339 e. The summed E-state index contributed by atoms with van der Waals surface area (Å²) in [6.07, 6.45) is 4.76. The van der Waals surface area contributed by atoms with Gasteiger partial charge in [0.1, 0.15) is 0 Å². The second-order valence-electron chi connectivity index (χ2n) is 4.67. The van der Waals surface area contributed by atoms with Crippen LogP contribution in [0, 0.1) is 11.8 Å². The van der Waals surface area contributed by atoms with Gasteiger partial charge in [-0.15, -0.1) is 0 Å². The number of carbonyl (C=O) groups excluding carboxylic acids is 1. The summed E-state index contributed by atoms with van der Waals surface area (Å²) in [6, 6.07) is 0.474. The molecule has 1 aliphatic heterocycles. The van der Waals surface area contributed by atoms with Crippen molar-refractivity contribution in [3.8, 4) is 0 Å². The van der Waals surface area contributed by atoms with E-state index in [1.165, 1.54) is 12.8 Å². The van der Waals surface area contributed by atoms with Crippen LogP contribution in [0.4, 0.5) is 0 Å². The van der Waals surface area contributed by atoms with Crippen LogP contribution in [-0.2, 0) is 4.79 Å². The van der Waals surface area contributed by atoms with E-state index in [9.17, 15) is 4.79 Å². The fourth-order valence-electron chi connectivity index (χ4n) is 2.21. The number of rotatable bonds is 1. The van der Waals surface area contributed by atoms with E-state index in [1.54, 1.807) is 0 Å². The van der Waals surface area contributed by atoms with Crippen molar-refractivity contribution in [3.05, 3.63) is 0 Å². The monoisotopic (exact) mass is 181 g/mol. The van der Waals surface area contributed by atoms with Gasteiger partial charge in [-0.05, 0) is 38.5 Å². The molecule has 2 rings (SSSR count). The molecule has 2 aliphatic rings. The molecule has 1 heterocycles. The molecule has 2 atom stereocenters. The van der Waals surface area contributed by atoms with E-state index in [4.69, 9.17) is 0 Å². The van der Waals surface area contributed by atoms with Crippen LogP contribution in [0.3, 0.4) is 0 Å². The molecule has 13 heavy (non-hydrogen) atoms. The van der Waals surface area contributed by atoms with Gasteiger partial charge in [-0.3, -0.25) is 4.79 Å². The van der Waals surface area contributed by atoms with Crippen molar-refractivity contribution in [1.82, 2.24) is 4.90 Å². The van der Waals surface area contributed by atoms with Gasteiger partial charge in [-0.1, -0.05) is 6.92 Å². The van der Waals surface area contributed by atoms with Gasteiger partial charge in [0, 0.05) is 18.5 Å². The predicted molar refractivity (Wildman–Crippen MR) is 52.3 cm³/mol. The van der Waals surface area contributed by atoms with Crippen molar-refractivity contribution in [2.45, 2.75) is 45.6 Å². The van der Waals surface area contributed by atoms with E-state index in [2.05, 4.69) is 18.7 Å². The van der Waals surface area contributed by atoms with Crippen LogP contribution >= 0.6 is 0 Å². The fourth-order valence-corrected chi connectivity index (χ4v) is 2.21. The lowest BCUT2D eigenvalue weighted by atomic mass is 9.92.